The Morgan fingerprint density at radius 3 is 2.37 bits per heavy atom. The van der Waals surface area contributed by atoms with Gasteiger partial charge in [0.15, 0.2) is 0 Å². The van der Waals surface area contributed by atoms with Gasteiger partial charge in [-0.1, -0.05) is 35.9 Å². The molecule has 1 heterocycles. The van der Waals surface area contributed by atoms with Crippen LogP contribution in [0.4, 0.5) is 5.69 Å². The van der Waals surface area contributed by atoms with Crippen molar-refractivity contribution >= 4 is 23.5 Å². The molecule has 2 amide bonds. The number of carboxylic acid groups (broad SMARTS) is 1. The first-order valence-electron chi connectivity index (χ1n) is 8.30. The number of anilines is 1. The number of nitrogens with zero attached hydrogens (tertiary/aromatic N) is 1. The summed E-state index contributed by atoms with van der Waals surface area (Å²) >= 11 is 0. The van der Waals surface area contributed by atoms with Crippen LogP contribution in [0.5, 0.6) is 0 Å². The van der Waals surface area contributed by atoms with Crippen LogP contribution < -0.4 is 5.32 Å². The van der Waals surface area contributed by atoms with E-state index in [0.717, 1.165) is 27.7 Å². The molecule has 1 aliphatic rings. The van der Waals surface area contributed by atoms with E-state index in [2.05, 4.69) is 5.32 Å². The first-order valence-corrected chi connectivity index (χ1v) is 8.30. The van der Waals surface area contributed by atoms with Crippen LogP contribution in [0.15, 0.2) is 54.2 Å². The van der Waals surface area contributed by atoms with Crippen molar-refractivity contribution in [1.29, 1.82) is 0 Å². The molecule has 0 saturated heterocycles. The number of imide groups is 1. The summed E-state index contributed by atoms with van der Waals surface area (Å²) in [5.74, 6) is -2.31. The van der Waals surface area contributed by atoms with E-state index < -0.39 is 17.8 Å². The van der Waals surface area contributed by atoms with Gasteiger partial charge in [-0.05, 0) is 30.2 Å². The van der Waals surface area contributed by atoms with Crippen LogP contribution >= 0.6 is 0 Å². The molecule has 0 aromatic heterocycles. The standard InChI is InChI=1S/C20H18N2O5/c1-12-2-4-13(5-3-12)14-6-7-16(15(10-14)20(26)27)21-17-11-18(24)22(8-9-23)19(17)25/h2-7,10-11,21,23H,8-9H2,1H3,(H,26,27). The van der Waals surface area contributed by atoms with Crippen LogP contribution in [-0.4, -0.2) is 46.0 Å². The number of benzene rings is 2. The Bertz CT molecular complexity index is 947. The lowest BCUT2D eigenvalue weighted by Gasteiger charge is -2.15. The number of aliphatic hydroxyl groups is 1. The second-order valence-corrected chi connectivity index (χ2v) is 6.13. The molecule has 27 heavy (non-hydrogen) atoms. The predicted octanol–water partition coefficient (Wildman–Crippen LogP) is 2.02. The third kappa shape index (κ3) is 3.73. The van der Waals surface area contributed by atoms with Crippen LogP contribution in [0.25, 0.3) is 11.1 Å². The van der Waals surface area contributed by atoms with E-state index in [0.29, 0.717) is 0 Å². The number of carboxylic acids is 1. The Morgan fingerprint density at radius 2 is 1.74 bits per heavy atom. The molecule has 7 heteroatoms. The Hall–Kier alpha value is -3.45. The van der Waals surface area contributed by atoms with E-state index in [9.17, 15) is 19.5 Å². The largest absolute Gasteiger partial charge is 0.478 e. The molecule has 0 saturated carbocycles. The van der Waals surface area contributed by atoms with Crippen LogP contribution in [-0.2, 0) is 9.59 Å². The number of β-amino-alcohol motifs (C(OH)–C–C–N with tert-alkyl or cyclic N) is 1. The average molecular weight is 366 g/mol. The van der Waals surface area contributed by atoms with Gasteiger partial charge in [0.25, 0.3) is 11.8 Å². The third-order valence-electron chi connectivity index (χ3n) is 4.24. The number of carbonyl (C=O) groups is 3. The van der Waals surface area contributed by atoms with E-state index >= 15 is 0 Å². The minimum atomic E-state index is -1.16. The van der Waals surface area contributed by atoms with Crippen LogP contribution in [0.3, 0.4) is 0 Å². The third-order valence-corrected chi connectivity index (χ3v) is 4.24. The van der Waals surface area contributed by atoms with Crippen molar-refractivity contribution in [3.63, 3.8) is 0 Å². The predicted molar refractivity (Wildman–Crippen MR) is 99.1 cm³/mol. The van der Waals surface area contributed by atoms with E-state index in [1.807, 2.05) is 31.2 Å². The molecule has 0 unspecified atom stereocenters. The molecule has 7 nitrogen and oxygen atoms in total. The minimum Gasteiger partial charge on any atom is -0.478 e. The molecule has 0 bridgehead atoms. The summed E-state index contributed by atoms with van der Waals surface area (Å²) in [6.45, 7) is 1.51. The lowest BCUT2D eigenvalue weighted by molar-refractivity contribution is -0.137. The Kier molecular flexibility index (Phi) is 5.05. The fourth-order valence-corrected chi connectivity index (χ4v) is 2.81. The Balaban J connectivity index is 1.91. The Labute approximate surface area is 155 Å². The van der Waals surface area contributed by atoms with Gasteiger partial charge in [-0.3, -0.25) is 14.5 Å². The van der Waals surface area contributed by atoms with Gasteiger partial charge in [0.2, 0.25) is 0 Å². The average Bonchev–Trinajstić information content (AvgIpc) is 2.90. The van der Waals surface area contributed by atoms with E-state index in [1.165, 1.54) is 6.07 Å². The second kappa shape index (κ2) is 7.43. The van der Waals surface area contributed by atoms with Crippen LogP contribution in [0.2, 0.25) is 0 Å². The highest BCUT2D eigenvalue weighted by molar-refractivity contribution is 6.17. The van der Waals surface area contributed by atoms with Crippen molar-refractivity contribution in [1.82, 2.24) is 4.90 Å². The number of aliphatic hydroxyl groups excluding tert-OH is 1. The van der Waals surface area contributed by atoms with Crippen molar-refractivity contribution in [2.45, 2.75) is 6.92 Å². The number of hydrogen-bond acceptors (Lipinski definition) is 5. The molecule has 1 aliphatic heterocycles. The number of amides is 2. The van der Waals surface area contributed by atoms with Gasteiger partial charge in [0.1, 0.15) is 5.70 Å². The highest BCUT2D eigenvalue weighted by Gasteiger charge is 2.31. The van der Waals surface area contributed by atoms with Crippen molar-refractivity contribution in [3.8, 4) is 11.1 Å². The summed E-state index contributed by atoms with van der Waals surface area (Å²) < 4.78 is 0. The summed E-state index contributed by atoms with van der Waals surface area (Å²) in [4.78, 5) is 36.6. The molecule has 2 aromatic carbocycles. The van der Waals surface area contributed by atoms with E-state index in [-0.39, 0.29) is 30.1 Å². The fourth-order valence-electron chi connectivity index (χ4n) is 2.81. The molecule has 0 spiro atoms. The molecule has 3 N–H and O–H groups in total. The summed E-state index contributed by atoms with van der Waals surface area (Å²) in [6, 6.07) is 12.5. The monoisotopic (exact) mass is 366 g/mol. The van der Waals surface area contributed by atoms with Crippen molar-refractivity contribution < 1.29 is 24.6 Å². The lowest BCUT2D eigenvalue weighted by atomic mass is 10.0. The summed E-state index contributed by atoms with van der Waals surface area (Å²) in [6.07, 6.45) is 1.09. The molecular weight excluding hydrogens is 348 g/mol. The number of aromatic carboxylic acids is 1. The molecule has 0 radical (unpaired) electrons. The number of aryl methyl sites for hydroxylation is 1. The van der Waals surface area contributed by atoms with Gasteiger partial charge < -0.3 is 15.5 Å². The van der Waals surface area contributed by atoms with Crippen LogP contribution in [0, 0.1) is 6.92 Å². The van der Waals surface area contributed by atoms with Crippen molar-refractivity contribution in [2.75, 3.05) is 18.5 Å². The van der Waals surface area contributed by atoms with Gasteiger partial charge >= 0.3 is 5.97 Å². The lowest BCUT2D eigenvalue weighted by Crippen LogP contribution is -2.34. The SMILES string of the molecule is Cc1ccc(-c2ccc(NC3=CC(=O)N(CCO)C3=O)c(C(=O)O)c2)cc1. The maximum atomic E-state index is 12.2. The van der Waals surface area contributed by atoms with Gasteiger partial charge in [0, 0.05) is 6.08 Å². The normalized spacial score (nSPS) is 13.7. The zero-order chi connectivity index (χ0) is 19.6. The quantitative estimate of drug-likeness (QED) is 0.675. The number of rotatable bonds is 6. The molecule has 2 aromatic rings. The first kappa shape index (κ1) is 18.3. The number of hydrogen-bond donors (Lipinski definition) is 3. The fraction of sp³-hybridized carbons (Fsp3) is 0.150. The molecule has 3 rings (SSSR count). The topological polar surface area (TPSA) is 107 Å². The smallest absolute Gasteiger partial charge is 0.337 e. The highest BCUT2D eigenvalue weighted by Crippen LogP contribution is 2.27. The minimum absolute atomic E-state index is 0.0187. The maximum absolute atomic E-state index is 12.2. The van der Waals surface area contributed by atoms with Gasteiger partial charge in [-0.25, -0.2) is 4.79 Å². The van der Waals surface area contributed by atoms with Gasteiger partial charge in [-0.15, -0.1) is 0 Å². The number of nitrogens with one attached hydrogen (secondary N) is 1. The highest BCUT2D eigenvalue weighted by atomic mass is 16.4. The molecule has 0 fully saturated rings. The van der Waals surface area contributed by atoms with E-state index in [4.69, 9.17) is 5.11 Å². The zero-order valence-electron chi connectivity index (χ0n) is 14.6. The van der Waals surface area contributed by atoms with E-state index in [1.54, 1.807) is 12.1 Å². The number of carbonyl (C=O) groups excluding carboxylic acids is 2. The van der Waals surface area contributed by atoms with Gasteiger partial charge in [0.05, 0.1) is 24.4 Å². The zero-order valence-corrected chi connectivity index (χ0v) is 14.6. The summed E-state index contributed by atoms with van der Waals surface area (Å²) in [5.41, 5.74) is 2.85. The molecule has 0 atom stereocenters. The van der Waals surface area contributed by atoms with Gasteiger partial charge in [-0.2, -0.15) is 0 Å². The molecular formula is C20H18N2O5. The van der Waals surface area contributed by atoms with Crippen molar-refractivity contribution in [3.05, 3.63) is 65.4 Å². The maximum Gasteiger partial charge on any atom is 0.337 e. The first-order chi connectivity index (χ1) is 12.9. The van der Waals surface area contributed by atoms with Crippen molar-refractivity contribution in [2.24, 2.45) is 0 Å². The molecule has 0 aliphatic carbocycles. The Morgan fingerprint density at radius 1 is 1.07 bits per heavy atom. The van der Waals surface area contributed by atoms with Crippen LogP contribution in [0.1, 0.15) is 15.9 Å². The second-order valence-electron chi connectivity index (χ2n) is 6.13. The molecule has 138 valence electrons. The summed E-state index contributed by atoms with van der Waals surface area (Å²) in [5, 5.41) is 21.2. The summed E-state index contributed by atoms with van der Waals surface area (Å²) in [7, 11) is 0.